The van der Waals surface area contributed by atoms with Gasteiger partial charge in [0.25, 0.3) is 0 Å². The van der Waals surface area contributed by atoms with Crippen LogP contribution < -0.4 is 0 Å². The number of benzene rings is 1. The second kappa shape index (κ2) is 4.85. The van der Waals surface area contributed by atoms with Gasteiger partial charge in [0.2, 0.25) is 0 Å². The lowest BCUT2D eigenvalue weighted by atomic mass is 9.82. The molecule has 0 unspecified atom stereocenters. The van der Waals surface area contributed by atoms with Crippen molar-refractivity contribution in [1.29, 1.82) is 0 Å². The van der Waals surface area contributed by atoms with Gasteiger partial charge in [-0.3, -0.25) is 0 Å². The maximum Gasteiger partial charge on any atom is 0.358 e. The fraction of sp³-hybridized carbons (Fsp3) is 0.286. The first-order valence-corrected chi connectivity index (χ1v) is 5.86. The van der Waals surface area contributed by atoms with Crippen LogP contribution in [0.5, 0.6) is 0 Å². The molecule has 5 nitrogen and oxygen atoms in total. The van der Waals surface area contributed by atoms with Crippen molar-refractivity contribution in [1.82, 2.24) is 5.16 Å². The van der Waals surface area contributed by atoms with E-state index < -0.39 is 11.4 Å². The number of aromatic carboxylic acids is 1. The molecule has 0 saturated heterocycles. The Morgan fingerprint density at radius 1 is 1.37 bits per heavy atom. The number of carbonyl (C=O) groups is 1. The average Bonchev–Trinajstić information content (AvgIpc) is 2.88. The van der Waals surface area contributed by atoms with Crippen molar-refractivity contribution >= 4 is 5.97 Å². The molecule has 0 aliphatic heterocycles. The van der Waals surface area contributed by atoms with E-state index in [2.05, 4.69) is 5.16 Å². The Balaban J connectivity index is 2.53. The minimum absolute atomic E-state index is 0.0239. The van der Waals surface area contributed by atoms with Crippen LogP contribution in [0.25, 0.3) is 11.3 Å². The second-order valence-electron chi connectivity index (χ2n) is 4.97. The Morgan fingerprint density at radius 2 is 2.05 bits per heavy atom. The molecule has 0 saturated carbocycles. The standard InChI is InChI=1S/C14H15NO4/c1-14(2,8-16)10-6-4-3-5-9(10)12-7-11(13(17)18)15-19-12/h3-7,16H,8H2,1-2H3,(H,17,18). The quantitative estimate of drug-likeness (QED) is 0.882. The fourth-order valence-electron chi connectivity index (χ4n) is 1.88. The number of carboxylic acids is 1. The monoisotopic (exact) mass is 261 g/mol. The lowest BCUT2D eigenvalue weighted by molar-refractivity contribution is 0.0686. The number of aliphatic hydroxyl groups is 1. The van der Waals surface area contributed by atoms with Crippen LogP contribution in [-0.2, 0) is 5.41 Å². The molecule has 1 aromatic heterocycles. The van der Waals surface area contributed by atoms with Gasteiger partial charge in [0.05, 0.1) is 6.61 Å². The summed E-state index contributed by atoms with van der Waals surface area (Å²) in [5, 5.41) is 21.8. The zero-order chi connectivity index (χ0) is 14.0. The molecule has 5 heteroatoms. The zero-order valence-electron chi connectivity index (χ0n) is 10.8. The lowest BCUT2D eigenvalue weighted by Gasteiger charge is -2.24. The summed E-state index contributed by atoms with van der Waals surface area (Å²) in [5.74, 6) is -0.747. The van der Waals surface area contributed by atoms with Gasteiger partial charge in [0.1, 0.15) is 0 Å². The highest BCUT2D eigenvalue weighted by molar-refractivity contribution is 5.86. The first-order valence-electron chi connectivity index (χ1n) is 5.86. The van der Waals surface area contributed by atoms with Gasteiger partial charge < -0.3 is 14.7 Å². The molecule has 2 rings (SSSR count). The second-order valence-corrected chi connectivity index (χ2v) is 4.97. The summed E-state index contributed by atoms with van der Waals surface area (Å²) in [6.45, 7) is 3.78. The maximum absolute atomic E-state index is 10.8. The molecule has 0 atom stereocenters. The van der Waals surface area contributed by atoms with Crippen molar-refractivity contribution in [2.45, 2.75) is 19.3 Å². The molecule has 0 aliphatic rings. The Hall–Kier alpha value is -2.14. The van der Waals surface area contributed by atoms with Crippen molar-refractivity contribution in [3.63, 3.8) is 0 Å². The van der Waals surface area contributed by atoms with E-state index in [1.807, 2.05) is 38.1 Å². The smallest absolute Gasteiger partial charge is 0.358 e. The van der Waals surface area contributed by atoms with Gasteiger partial charge in [-0.05, 0) is 5.56 Å². The van der Waals surface area contributed by atoms with Crippen LogP contribution in [0.1, 0.15) is 29.9 Å². The molecule has 0 spiro atoms. The molecule has 0 amide bonds. The molecule has 100 valence electrons. The zero-order valence-corrected chi connectivity index (χ0v) is 10.8. The Labute approximate surface area is 110 Å². The van der Waals surface area contributed by atoms with Crippen molar-refractivity contribution in [3.05, 3.63) is 41.6 Å². The minimum Gasteiger partial charge on any atom is -0.476 e. The largest absolute Gasteiger partial charge is 0.476 e. The van der Waals surface area contributed by atoms with Crippen LogP contribution in [0, 0.1) is 0 Å². The topological polar surface area (TPSA) is 83.6 Å². The highest BCUT2D eigenvalue weighted by Crippen LogP contribution is 2.33. The molecule has 0 fully saturated rings. The van der Waals surface area contributed by atoms with E-state index in [4.69, 9.17) is 9.63 Å². The summed E-state index contributed by atoms with van der Waals surface area (Å²) in [5.41, 5.74) is 1.03. The van der Waals surface area contributed by atoms with E-state index in [-0.39, 0.29) is 12.3 Å². The number of hydrogen-bond donors (Lipinski definition) is 2. The molecule has 1 heterocycles. The number of hydrogen-bond acceptors (Lipinski definition) is 4. The van der Waals surface area contributed by atoms with Crippen LogP contribution in [-0.4, -0.2) is 27.9 Å². The van der Waals surface area contributed by atoms with Gasteiger partial charge in [-0.15, -0.1) is 0 Å². The molecular formula is C14H15NO4. The number of carboxylic acid groups (broad SMARTS) is 1. The minimum atomic E-state index is -1.13. The molecular weight excluding hydrogens is 246 g/mol. The third-order valence-electron chi connectivity index (χ3n) is 3.05. The molecule has 0 radical (unpaired) electrons. The van der Waals surface area contributed by atoms with E-state index in [1.54, 1.807) is 0 Å². The van der Waals surface area contributed by atoms with Crippen molar-refractivity contribution < 1.29 is 19.5 Å². The first-order chi connectivity index (χ1) is 8.95. The molecule has 19 heavy (non-hydrogen) atoms. The van der Waals surface area contributed by atoms with Gasteiger partial charge >= 0.3 is 5.97 Å². The van der Waals surface area contributed by atoms with Gasteiger partial charge in [-0.2, -0.15) is 0 Å². The van der Waals surface area contributed by atoms with Crippen molar-refractivity contribution in [2.24, 2.45) is 0 Å². The summed E-state index contributed by atoms with van der Waals surface area (Å²) in [6, 6.07) is 8.78. The van der Waals surface area contributed by atoms with E-state index >= 15 is 0 Å². The van der Waals surface area contributed by atoms with Gasteiger partial charge in [-0.25, -0.2) is 4.79 Å². The summed E-state index contributed by atoms with van der Waals surface area (Å²) >= 11 is 0. The third-order valence-corrected chi connectivity index (χ3v) is 3.05. The SMILES string of the molecule is CC(C)(CO)c1ccccc1-c1cc(C(=O)O)no1. The van der Waals surface area contributed by atoms with E-state index in [1.165, 1.54) is 6.07 Å². The Kier molecular flexibility index (Phi) is 3.40. The highest BCUT2D eigenvalue weighted by atomic mass is 16.5. The van der Waals surface area contributed by atoms with Crippen LogP contribution >= 0.6 is 0 Å². The predicted molar refractivity (Wildman–Crippen MR) is 69.0 cm³/mol. The molecule has 0 bridgehead atoms. The van der Waals surface area contributed by atoms with Crippen LogP contribution in [0.4, 0.5) is 0 Å². The molecule has 2 aromatic rings. The van der Waals surface area contributed by atoms with E-state index in [9.17, 15) is 9.90 Å². The van der Waals surface area contributed by atoms with Crippen LogP contribution in [0.15, 0.2) is 34.9 Å². The maximum atomic E-state index is 10.8. The Bertz CT molecular complexity index is 601. The van der Waals surface area contributed by atoms with E-state index in [0.717, 1.165) is 11.1 Å². The highest BCUT2D eigenvalue weighted by Gasteiger charge is 2.25. The van der Waals surface area contributed by atoms with Gasteiger partial charge in [0, 0.05) is 17.0 Å². The summed E-state index contributed by atoms with van der Waals surface area (Å²) < 4.78 is 5.08. The lowest BCUT2D eigenvalue weighted by Crippen LogP contribution is -2.22. The molecule has 0 aliphatic carbocycles. The first kappa shape index (κ1) is 13.3. The van der Waals surface area contributed by atoms with Crippen molar-refractivity contribution in [3.8, 4) is 11.3 Å². The van der Waals surface area contributed by atoms with Crippen LogP contribution in [0.2, 0.25) is 0 Å². The third kappa shape index (κ3) is 2.51. The van der Waals surface area contributed by atoms with Gasteiger partial charge in [-0.1, -0.05) is 43.3 Å². The number of rotatable bonds is 4. The number of aliphatic hydroxyl groups excluding tert-OH is 1. The summed E-state index contributed by atoms with van der Waals surface area (Å²) in [4.78, 5) is 10.8. The fourth-order valence-corrected chi connectivity index (χ4v) is 1.88. The summed E-state index contributed by atoms with van der Waals surface area (Å²) in [7, 11) is 0. The number of nitrogens with zero attached hydrogens (tertiary/aromatic N) is 1. The summed E-state index contributed by atoms with van der Waals surface area (Å²) in [6.07, 6.45) is 0. The normalized spacial score (nSPS) is 11.5. The van der Waals surface area contributed by atoms with Crippen LogP contribution in [0.3, 0.4) is 0 Å². The molecule has 2 N–H and O–H groups in total. The van der Waals surface area contributed by atoms with Gasteiger partial charge in [0.15, 0.2) is 11.5 Å². The molecule has 1 aromatic carbocycles. The Morgan fingerprint density at radius 3 is 2.63 bits per heavy atom. The number of aromatic nitrogens is 1. The van der Waals surface area contributed by atoms with Crippen molar-refractivity contribution in [2.75, 3.05) is 6.61 Å². The van der Waals surface area contributed by atoms with E-state index in [0.29, 0.717) is 5.76 Å². The average molecular weight is 261 g/mol. The predicted octanol–water partition coefficient (Wildman–Crippen LogP) is 2.31.